The summed E-state index contributed by atoms with van der Waals surface area (Å²) >= 11 is 0. The Morgan fingerprint density at radius 3 is 2.36 bits per heavy atom. The number of hydrogen-bond donors (Lipinski definition) is 1. The minimum absolute atomic E-state index is 0.0816. The van der Waals surface area contributed by atoms with Crippen LogP contribution in [0.5, 0.6) is 0 Å². The molecule has 0 bridgehead atoms. The third kappa shape index (κ3) is 1.42. The Morgan fingerprint density at radius 2 is 2.09 bits per heavy atom. The molecule has 0 aromatic rings. The van der Waals surface area contributed by atoms with Crippen LogP contribution >= 0.6 is 0 Å². The van der Waals surface area contributed by atoms with Crippen LogP contribution in [0, 0.1) is 5.41 Å². The van der Waals surface area contributed by atoms with E-state index in [-0.39, 0.29) is 5.60 Å². The zero-order valence-corrected chi connectivity index (χ0v) is 7.81. The second kappa shape index (κ2) is 2.76. The van der Waals surface area contributed by atoms with Gasteiger partial charge in [0.1, 0.15) is 0 Å². The first-order valence-corrected chi connectivity index (χ1v) is 4.42. The van der Waals surface area contributed by atoms with Crippen LogP contribution in [0.1, 0.15) is 33.6 Å². The van der Waals surface area contributed by atoms with Crippen LogP contribution in [0.15, 0.2) is 0 Å². The molecule has 66 valence electrons. The lowest BCUT2D eigenvalue weighted by atomic mass is 9.87. The normalized spacial score (nSPS) is 26.2. The van der Waals surface area contributed by atoms with Crippen LogP contribution in [0.2, 0.25) is 0 Å². The largest absolute Gasteiger partial charge is 0.374 e. The molecule has 2 N–H and O–H groups in total. The van der Waals surface area contributed by atoms with E-state index in [1.54, 1.807) is 0 Å². The molecule has 0 spiro atoms. The first-order chi connectivity index (χ1) is 5.08. The lowest BCUT2D eigenvalue weighted by molar-refractivity contribution is -0.0670. The van der Waals surface area contributed by atoms with E-state index in [9.17, 15) is 0 Å². The standard InChI is InChI=1S/C9H19NO/c1-4-11-9(3,7-10)8(2)5-6-8/h4-7,10H2,1-3H3. The van der Waals surface area contributed by atoms with Gasteiger partial charge in [0.15, 0.2) is 0 Å². The Morgan fingerprint density at radius 1 is 1.55 bits per heavy atom. The van der Waals surface area contributed by atoms with E-state index in [1.807, 2.05) is 6.92 Å². The second-order valence-electron chi connectivity index (χ2n) is 3.93. The van der Waals surface area contributed by atoms with Gasteiger partial charge in [0.2, 0.25) is 0 Å². The zero-order chi connectivity index (χ0) is 8.54. The minimum atomic E-state index is -0.0816. The van der Waals surface area contributed by atoms with E-state index in [2.05, 4.69) is 13.8 Å². The maximum absolute atomic E-state index is 5.69. The summed E-state index contributed by atoms with van der Waals surface area (Å²) < 4.78 is 5.68. The second-order valence-corrected chi connectivity index (χ2v) is 3.93. The van der Waals surface area contributed by atoms with Crippen molar-refractivity contribution in [3.63, 3.8) is 0 Å². The number of ether oxygens (including phenoxy) is 1. The van der Waals surface area contributed by atoms with Crippen LogP contribution in [0.3, 0.4) is 0 Å². The molecular formula is C9H19NO. The molecule has 1 unspecified atom stereocenters. The maximum Gasteiger partial charge on any atom is 0.0829 e. The molecule has 1 aliphatic rings. The molecule has 2 nitrogen and oxygen atoms in total. The topological polar surface area (TPSA) is 35.2 Å². The van der Waals surface area contributed by atoms with E-state index in [4.69, 9.17) is 10.5 Å². The van der Waals surface area contributed by atoms with Crippen molar-refractivity contribution in [2.45, 2.75) is 39.2 Å². The summed E-state index contributed by atoms with van der Waals surface area (Å²) in [6.07, 6.45) is 2.53. The molecule has 2 heteroatoms. The van der Waals surface area contributed by atoms with Gasteiger partial charge in [-0.05, 0) is 32.1 Å². The molecule has 0 amide bonds. The fourth-order valence-corrected chi connectivity index (χ4v) is 1.51. The molecule has 1 rings (SSSR count). The fraction of sp³-hybridized carbons (Fsp3) is 1.00. The molecule has 0 radical (unpaired) electrons. The molecule has 0 saturated heterocycles. The van der Waals surface area contributed by atoms with Gasteiger partial charge in [-0.15, -0.1) is 0 Å². The predicted octanol–water partition coefficient (Wildman–Crippen LogP) is 1.54. The molecule has 0 aliphatic heterocycles. The summed E-state index contributed by atoms with van der Waals surface area (Å²) in [6, 6.07) is 0. The van der Waals surface area contributed by atoms with Gasteiger partial charge in [-0.2, -0.15) is 0 Å². The van der Waals surface area contributed by atoms with Crippen molar-refractivity contribution in [2.75, 3.05) is 13.2 Å². The quantitative estimate of drug-likeness (QED) is 0.672. The lowest BCUT2D eigenvalue weighted by Gasteiger charge is -2.34. The van der Waals surface area contributed by atoms with E-state index in [0.29, 0.717) is 12.0 Å². The third-order valence-electron chi connectivity index (χ3n) is 3.13. The van der Waals surface area contributed by atoms with Gasteiger partial charge in [-0.1, -0.05) is 6.92 Å². The number of hydrogen-bond acceptors (Lipinski definition) is 2. The van der Waals surface area contributed by atoms with Gasteiger partial charge in [0, 0.05) is 13.2 Å². The lowest BCUT2D eigenvalue weighted by Crippen LogP contribution is -2.45. The molecule has 0 aromatic carbocycles. The first-order valence-electron chi connectivity index (χ1n) is 4.42. The van der Waals surface area contributed by atoms with Gasteiger partial charge < -0.3 is 10.5 Å². The Balaban J connectivity index is 2.59. The van der Waals surface area contributed by atoms with Gasteiger partial charge in [0.25, 0.3) is 0 Å². The first kappa shape index (κ1) is 9.01. The van der Waals surface area contributed by atoms with Crippen LogP contribution in [-0.2, 0) is 4.74 Å². The van der Waals surface area contributed by atoms with Crippen molar-refractivity contribution in [2.24, 2.45) is 11.1 Å². The Hall–Kier alpha value is -0.0800. The minimum Gasteiger partial charge on any atom is -0.374 e. The average molecular weight is 157 g/mol. The molecule has 1 aliphatic carbocycles. The molecule has 1 atom stereocenters. The summed E-state index contributed by atoms with van der Waals surface area (Å²) in [5.41, 5.74) is 5.97. The molecule has 0 aromatic heterocycles. The Kier molecular flexibility index (Phi) is 2.26. The number of nitrogens with two attached hydrogens (primary N) is 1. The van der Waals surface area contributed by atoms with E-state index in [1.165, 1.54) is 12.8 Å². The molecular weight excluding hydrogens is 138 g/mol. The van der Waals surface area contributed by atoms with Gasteiger partial charge in [0.05, 0.1) is 5.60 Å². The highest BCUT2D eigenvalue weighted by molar-refractivity contribution is 5.04. The summed E-state index contributed by atoms with van der Waals surface area (Å²) in [5, 5.41) is 0. The fourth-order valence-electron chi connectivity index (χ4n) is 1.51. The molecule has 1 saturated carbocycles. The highest BCUT2D eigenvalue weighted by Crippen LogP contribution is 2.54. The summed E-state index contributed by atoms with van der Waals surface area (Å²) in [6.45, 7) is 7.82. The van der Waals surface area contributed by atoms with Gasteiger partial charge in [-0.3, -0.25) is 0 Å². The third-order valence-corrected chi connectivity index (χ3v) is 3.13. The Bertz CT molecular complexity index is 142. The monoisotopic (exact) mass is 157 g/mol. The smallest absolute Gasteiger partial charge is 0.0829 e. The molecule has 0 heterocycles. The molecule has 1 fully saturated rings. The van der Waals surface area contributed by atoms with Crippen molar-refractivity contribution in [3.05, 3.63) is 0 Å². The highest BCUT2D eigenvalue weighted by Gasteiger charge is 2.53. The van der Waals surface area contributed by atoms with Crippen molar-refractivity contribution in [1.82, 2.24) is 0 Å². The SMILES string of the molecule is CCOC(C)(CN)C1(C)CC1. The summed E-state index contributed by atoms with van der Waals surface area (Å²) in [4.78, 5) is 0. The van der Waals surface area contributed by atoms with Crippen molar-refractivity contribution >= 4 is 0 Å². The van der Waals surface area contributed by atoms with Crippen LogP contribution in [-0.4, -0.2) is 18.8 Å². The van der Waals surface area contributed by atoms with Crippen molar-refractivity contribution < 1.29 is 4.74 Å². The van der Waals surface area contributed by atoms with E-state index in [0.717, 1.165) is 6.61 Å². The van der Waals surface area contributed by atoms with Crippen LogP contribution in [0.4, 0.5) is 0 Å². The predicted molar refractivity (Wildman–Crippen MR) is 46.4 cm³/mol. The van der Waals surface area contributed by atoms with Gasteiger partial charge in [-0.25, -0.2) is 0 Å². The van der Waals surface area contributed by atoms with Crippen molar-refractivity contribution in [1.29, 1.82) is 0 Å². The van der Waals surface area contributed by atoms with E-state index >= 15 is 0 Å². The maximum atomic E-state index is 5.69. The van der Waals surface area contributed by atoms with Crippen molar-refractivity contribution in [3.8, 4) is 0 Å². The summed E-state index contributed by atoms with van der Waals surface area (Å²) in [5.74, 6) is 0. The van der Waals surface area contributed by atoms with E-state index < -0.39 is 0 Å². The van der Waals surface area contributed by atoms with Crippen LogP contribution < -0.4 is 5.73 Å². The number of rotatable bonds is 4. The van der Waals surface area contributed by atoms with Gasteiger partial charge >= 0.3 is 0 Å². The van der Waals surface area contributed by atoms with Crippen LogP contribution in [0.25, 0.3) is 0 Å². The Labute approximate surface area is 69.1 Å². The highest BCUT2D eigenvalue weighted by atomic mass is 16.5. The summed E-state index contributed by atoms with van der Waals surface area (Å²) in [7, 11) is 0. The zero-order valence-electron chi connectivity index (χ0n) is 7.81. The average Bonchev–Trinajstić information content (AvgIpc) is 2.70. The molecule has 11 heavy (non-hydrogen) atoms.